The van der Waals surface area contributed by atoms with Gasteiger partial charge in [0.05, 0.1) is 30.3 Å². The molecule has 3 aromatic carbocycles. The molecule has 2 aliphatic heterocycles. The summed E-state index contributed by atoms with van der Waals surface area (Å²) >= 11 is 4.54. The molecule has 224 valence electrons. The second-order valence-corrected chi connectivity index (χ2v) is 11.0. The second kappa shape index (κ2) is 13.2. The summed E-state index contributed by atoms with van der Waals surface area (Å²) in [5, 5.41) is 12.5. The molecule has 3 aromatic rings. The molecule has 0 saturated carbocycles. The summed E-state index contributed by atoms with van der Waals surface area (Å²) < 4.78 is 10.8. The van der Waals surface area contributed by atoms with Gasteiger partial charge in [0.15, 0.2) is 11.5 Å². The minimum Gasteiger partial charge on any atom is -0.481 e. The molecule has 11 heteroatoms. The van der Waals surface area contributed by atoms with Crippen molar-refractivity contribution in [3.63, 3.8) is 0 Å². The van der Waals surface area contributed by atoms with Gasteiger partial charge in [0.1, 0.15) is 12.6 Å². The molecule has 43 heavy (non-hydrogen) atoms. The number of para-hydroxylation sites is 1. The number of benzene rings is 3. The molecule has 2 aliphatic rings. The van der Waals surface area contributed by atoms with Gasteiger partial charge < -0.3 is 29.7 Å². The lowest BCUT2D eigenvalue weighted by atomic mass is 10.0. The van der Waals surface area contributed by atoms with E-state index in [0.717, 1.165) is 12.0 Å². The van der Waals surface area contributed by atoms with Crippen LogP contribution in [0, 0.1) is 0 Å². The van der Waals surface area contributed by atoms with Crippen molar-refractivity contribution in [2.24, 2.45) is 0 Å². The molecule has 0 bridgehead atoms. The highest BCUT2D eigenvalue weighted by molar-refractivity contribution is 7.80. The summed E-state index contributed by atoms with van der Waals surface area (Å²) in [4.78, 5) is 57.2. The number of hydrogen-bond acceptors (Lipinski definition) is 7. The number of nitrogens with one attached hydrogen (secondary N) is 1. The molecule has 2 atom stereocenters. The third-order valence-electron chi connectivity index (χ3n) is 7.62. The summed E-state index contributed by atoms with van der Waals surface area (Å²) in [5.74, 6) is -1.45. The van der Waals surface area contributed by atoms with Crippen LogP contribution >= 0.6 is 12.6 Å². The van der Waals surface area contributed by atoms with Crippen LogP contribution in [0.1, 0.15) is 60.1 Å². The van der Waals surface area contributed by atoms with Crippen LogP contribution in [0.25, 0.3) is 0 Å². The molecule has 0 fully saturated rings. The average molecular weight is 604 g/mol. The van der Waals surface area contributed by atoms with Crippen molar-refractivity contribution >= 4 is 42.0 Å². The van der Waals surface area contributed by atoms with Crippen molar-refractivity contribution in [1.29, 1.82) is 0 Å². The number of nitrogens with zero attached hydrogens (tertiary/aromatic N) is 2. The lowest BCUT2D eigenvalue weighted by Gasteiger charge is -2.31. The van der Waals surface area contributed by atoms with E-state index in [4.69, 9.17) is 9.47 Å². The van der Waals surface area contributed by atoms with E-state index in [1.54, 1.807) is 47.4 Å². The number of carboxylic acids is 1. The number of carboxylic acid groups (broad SMARTS) is 1. The number of carbonyl (C=O) groups excluding carboxylic acids is 3. The van der Waals surface area contributed by atoms with E-state index in [9.17, 15) is 24.3 Å². The first-order valence-electron chi connectivity index (χ1n) is 14.2. The van der Waals surface area contributed by atoms with E-state index in [2.05, 4.69) is 17.9 Å². The largest absolute Gasteiger partial charge is 0.481 e. The summed E-state index contributed by atoms with van der Waals surface area (Å²) in [6.07, 6.45) is 1.27. The molecule has 2 N–H and O–H groups in total. The van der Waals surface area contributed by atoms with Crippen molar-refractivity contribution < 1.29 is 33.8 Å². The Morgan fingerprint density at radius 1 is 1.02 bits per heavy atom. The van der Waals surface area contributed by atoms with Crippen molar-refractivity contribution in [3.05, 3.63) is 83.4 Å². The number of thiol groups is 1. The van der Waals surface area contributed by atoms with E-state index < -0.39 is 36.3 Å². The van der Waals surface area contributed by atoms with Gasteiger partial charge >= 0.3 is 5.97 Å². The van der Waals surface area contributed by atoms with Crippen LogP contribution in [0.4, 0.5) is 5.69 Å². The zero-order chi connectivity index (χ0) is 30.5. The van der Waals surface area contributed by atoms with E-state index >= 15 is 0 Å². The predicted molar refractivity (Wildman–Crippen MR) is 161 cm³/mol. The topological polar surface area (TPSA) is 125 Å². The maximum Gasteiger partial charge on any atom is 0.305 e. The maximum absolute atomic E-state index is 14.0. The number of ether oxygens (including phenoxy) is 2. The fraction of sp³-hybridized carbons (Fsp3) is 0.312. The standard InChI is InChI=1S/C32H33N3O7S/c1-2-3-10-25(31(39)33-23(16-30(37)38)20-13-14-26-27(15-20)42-19-41-26)35-18-29(36)34(17-21-8-4-7-12-28(21)43)24-11-6-5-9-22(24)32(35)40/h4-9,11-15,23,25,43H,2-3,10,16-19H2,1H3,(H,33,39)(H,37,38)/t23-,25-/m0/s1. The highest BCUT2D eigenvalue weighted by atomic mass is 32.1. The van der Waals surface area contributed by atoms with Crippen LogP contribution in [-0.2, 0) is 20.9 Å². The van der Waals surface area contributed by atoms with Crippen molar-refractivity contribution in [1.82, 2.24) is 10.2 Å². The molecule has 0 aliphatic carbocycles. The van der Waals surface area contributed by atoms with Crippen LogP contribution in [0.5, 0.6) is 11.5 Å². The Kier molecular flexibility index (Phi) is 9.20. The highest BCUT2D eigenvalue weighted by Crippen LogP contribution is 2.35. The first-order chi connectivity index (χ1) is 20.8. The van der Waals surface area contributed by atoms with Gasteiger partial charge in [-0.05, 0) is 47.9 Å². The molecule has 0 spiro atoms. The lowest BCUT2D eigenvalue weighted by molar-refractivity contribution is -0.138. The second-order valence-electron chi connectivity index (χ2n) is 10.5. The van der Waals surface area contributed by atoms with Crippen LogP contribution in [-0.4, -0.2) is 53.1 Å². The Balaban J connectivity index is 1.46. The number of rotatable bonds is 11. The fourth-order valence-corrected chi connectivity index (χ4v) is 5.60. The number of anilines is 1. The zero-order valence-electron chi connectivity index (χ0n) is 23.7. The summed E-state index contributed by atoms with van der Waals surface area (Å²) in [6, 6.07) is 17.4. The van der Waals surface area contributed by atoms with Crippen molar-refractivity contribution in [3.8, 4) is 11.5 Å². The predicted octanol–water partition coefficient (Wildman–Crippen LogP) is 4.58. The van der Waals surface area contributed by atoms with Crippen LogP contribution in [0.2, 0.25) is 0 Å². The van der Waals surface area contributed by atoms with Gasteiger partial charge in [-0.2, -0.15) is 0 Å². The molecule has 10 nitrogen and oxygen atoms in total. The van der Waals surface area contributed by atoms with E-state index in [1.165, 1.54) is 4.90 Å². The maximum atomic E-state index is 14.0. The minimum absolute atomic E-state index is 0.0526. The van der Waals surface area contributed by atoms with Gasteiger partial charge in [-0.25, -0.2) is 0 Å². The molecule has 5 rings (SSSR count). The molecule has 0 unspecified atom stereocenters. The third-order valence-corrected chi connectivity index (χ3v) is 8.05. The number of aliphatic carboxylic acids is 1. The van der Waals surface area contributed by atoms with Gasteiger partial charge in [0, 0.05) is 4.90 Å². The first kappa shape index (κ1) is 30.0. The van der Waals surface area contributed by atoms with Crippen molar-refractivity contribution in [2.45, 2.75) is 56.1 Å². The number of carbonyl (C=O) groups is 4. The van der Waals surface area contributed by atoms with Crippen LogP contribution in [0.15, 0.2) is 71.6 Å². The Morgan fingerprint density at radius 2 is 1.77 bits per heavy atom. The Hall–Kier alpha value is -4.51. The normalized spacial score (nSPS) is 15.5. The van der Waals surface area contributed by atoms with Gasteiger partial charge in [0.2, 0.25) is 18.6 Å². The number of hydrogen-bond donors (Lipinski definition) is 3. The highest BCUT2D eigenvalue weighted by Gasteiger charge is 2.38. The summed E-state index contributed by atoms with van der Waals surface area (Å²) in [5.41, 5.74) is 2.09. The molecular weight excluding hydrogens is 570 g/mol. The number of unbranched alkanes of at least 4 members (excludes halogenated alkanes) is 1. The Morgan fingerprint density at radius 3 is 2.53 bits per heavy atom. The van der Waals surface area contributed by atoms with Crippen molar-refractivity contribution in [2.75, 3.05) is 18.2 Å². The van der Waals surface area contributed by atoms with Gasteiger partial charge in [-0.3, -0.25) is 19.2 Å². The SMILES string of the molecule is CCCC[C@@H](C(=O)N[C@@H](CC(=O)O)c1ccc2c(c1)OCO2)N1CC(=O)N(Cc2ccccc2S)c2ccccc2C1=O. The molecular formula is C32H33N3O7S. The number of fused-ring (bicyclic) bond motifs is 2. The summed E-state index contributed by atoms with van der Waals surface area (Å²) in [6.45, 7) is 1.90. The van der Waals surface area contributed by atoms with Crippen LogP contribution < -0.4 is 19.7 Å². The van der Waals surface area contributed by atoms with E-state index in [-0.39, 0.29) is 25.8 Å². The third kappa shape index (κ3) is 6.61. The monoisotopic (exact) mass is 603 g/mol. The van der Waals surface area contributed by atoms with Crippen LogP contribution in [0.3, 0.4) is 0 Å². The smallest absolute Gasteiger partial charge is 0.305 e. The van der Waals surface area contributed by atoms with E-state index in [1.807, 2.05) is 31.2 Å². The first-order valence-corrected chi connectivity index (χ1v) is 14.6. The Labute approximate surface area is 255 Å². The zero-order valence-corrected chi connectivity index (χ0v) is 24.6. The minimum atomic E-state index is -1.11. The van der Waals surface area contributed by atoms with E-state index in [0.29, 0.717) is 46.1 Å². The molecule has 0 saturated heterocycles. The fourth-order valence-electron chi connectivity index (χ4n) is 5.37. The molecule has 0 radical (unpaired) electrons. The number of amides is 3. The van der Waals surface area contributed by atoms with Gasteiger partial charge in [-0.1, -0.05) is 56.2 Å². The molecule has 0 aromatic heterocycles. The summed E-state index contributed by atoms with van der Waals surface area (Å²) in [7, 11) is 0. The van der Waals surface area contributed by atoms with Gasteiger partial charge in [-0.15, -0.1) is 12.6 Å². The Bertz CT molecular complexity index is 1540. The van der Waals surface area contributed by atoms with Gasteiger partial charge in [0.25, 0.3) is 5.91 Å². The lowest BCUT2D eigenvalue weighted by Crippen LogP contribution is -2.52. The average Bonchev–Trinajstić information content (AvgIpc) is 3.44. The quantitative estimate of drug-likeness (QED) is 0.274. The molecule has 2 heterocycles. The molecule has 3 amide bonds.